The third kappa shape index (κ3) is 9.32. The molecule has 0 saturated heterocycles. The van der Waals surface area contributed by atoms with Crippen LogP contribution in [0.15, 0.2) is 121 Å². The van der Waals surface area contributed by atoms with E-state index in [4.69, 9.17) is 0 Å². The number of alkyl halides is 6. The van der Waals surface area contributed by atoms with Gasteiger partial charge in [-0.05, 0) is 6.42 Å². The van der Waals surface area contributed by atoms with Gasteiger partial charge in [0.05, 0.1) is 0 Å². The van der Waals surface area contributed by atoms with Crippen molar-refractivity contribution >= 4 is 3.21 Å². The average molecular weight is 695 g/mol. The number of halogens is 8. The largest absolute Gasteiger partial charge is 1.00 e. The van der Waals surface area contributed by atoms with Crippen LogP contribution in [-0.4, -0.2) is 3.21 Å². The van der Waals surface area contributed by atoms with Crippen LogP contribution in [0.2, 0.25) is 0 Å². The molecule has 0 heterocycles. The first-order valence-electron chi connectivity index (χ1n) is 12.2. The van der Waals surface area contributed by atoms with Gasteiger partial charge in [0.1, 0.15) is 0 Å². The van der Waals surface area contributed by atoms with Crippen LogP contribution >= 0.6 is 0 Å². The quantitative estimate of drug-likeness (QED) is 0.193. The Morgan fingerprint density at radius 3 is 1.55 bits per heavy atom. The Bertz CT molecular complexity index is 1420. The van der Waals surface area contributed by atoms with Crippen LogP contribution in [0, 0.1) is 6.07 Å². The molecule has 0 bridgehead atoms. The van der Waals surface area contributed by atoms with Crippen molar-refractivity contribution in [2.24, 2.45) is 0 Å². The van der Waals surface area contributed by atoms with Gasteiger partial charge in [0.2, 0.25) is 0 Å². The maximum atomic E-state index is 12.5. The van der Waals surface area contributed by atoms with E-state index in [1.54, 1.807) is 0 Å². The summed E-state index contributed by atoms with van der Waals surface area (Å²) in [6.45, 7) is 0. The van der Waals surface area contributed by atoms with Crippen LogP contribution < -0.4 is 24.8 Å². The molecule has 0 spiro atoms. The van der Waals surface area contributed by atoms with Crippen molar-refractivity contribution in [3.8, 4) is 11.1 Å². The van der Waals surface area contributed by atoms with E-state index in [0.29, 0.717) is 14.3 Å². The van der Waals surface area contributed by atoms with Crippen molar-refractivity contribution in [2.45, 2.75) is 18.8 Å². The molecule has 6 rings (SSSR count). The second-order valence-corrected chi connectivity index (χ2v) is 10.1. The van der Waals surface area contributed by atoms with Crippen LogP contribution in [0.5, 0.6) is 0 Å². The molecule has 42 heavy (non-hydrogen) atoms. The number of benzene rings is 4. The number of hydrogen-bond donors (Lipinski definition) is 0. The summed E-state index contributed by atoms with van der Waals surface area (Å²) >= 11 is 0.898. The molecule has 1 aliphatic carbocycles. The van der Waals surface area contributed by atoms with Crippen LogP contribution in [0.25, 0.3) is 11.1 Å². The Hall–Kier alpha value is -2.86. The molecule has 0 N–H and O–H groups in total. The van der Waals surface area contributed by atoms with Gasteiger partial charge in [0, 0.05) is 0 Å². The fraction of sp³-hybridized carbons (Fsp3) is 0.0909. The third-order valence-corrected chi connectivity index (χ3v) is 7.59. The fourth-order valence-corrected chi connectivity index (χ4v) is 4.96. The van der Waals surface area contributed by atoms with E-state index in [1.165, 1.54) is 46.5 Å². The van der Waals surface area contributed by atoms with Crippen LogP contribution in [-0.2, 0) is 43.0 Å². The van der Waals surface area contributed by atoms with Gasteiger partial charge in [-0.1, -0.05) is 35.4 Å². The SMILES string of the molecule is FC(F)(F)c1ccc([C](=[Zr+2])c2ccc(C(F)(F)F)cc2)cc1.[Cl-].[Cl-].[c-]1cccc2c1Cc1ccccc1-2.c1cc[cH-]c1. The molecule has 0 amide bonds. The van der Waals surface area contributed by atoms with E-state index in [-0.39, 0.29) is 24.8 Å². The van der Waals surface area contributed by atoms with Crippen molar-refractivity contribution in [1.29, 1.82) is 0 Å². The molecule has 0 atom stereocenters. The molecule has 0 fully saturated rings. The average Bonchev–Trinajstić information content (AvgIpc) is 3.64. The maximum absolute atomic E-state index is 12.5. The normalized spacial score (nSPS) is 11.2. The van der Waals surface area contributed by atoms with Gasteiger partial charge in [0.15, 0.2) is 0 Å². The summed E-state index contributed by atoms with van der Waals surface area (Å²) in [5.74, 6) is 0. The summed E-state index contributed by atoms with van der Waals surface area (Å²) < 4.78 is 75.6. The van der Waals surface area contributed by atoms with Crippen molar-refractivity contribution in [2.75, 3.05) is 0 Å². The molecular formula is C33H22Cl2F6Zr-2. The topological polar surface area (TPSA) is 0 Å². The van der Waals surface area contributed by atoms with Crippen LogP contribution in [0.1, 0.15) is 33.4 Å². The van der Waals surface area contributed by atoms with Gasteiger partial charge in [-0.2, -0.15) is 48.0 Å². The Balaban J connectivity index is 0.000000258. The van der Waals surface area contributed by atoms with E-state index in [1.807, 2.05) is 36.4 Å². The zero-order valence-corrected chi connectivity index (χ0v) is 25.7. The van der Waals surface area contributed by atoms with Crippen molar-refractivity contribution < 1.29 is 75.4 Å². The van der Waals surface area contributed by atoms with Gasteiger partial charge in [-0.25, -0.2) is 12.1 Å². The van der Waals surface area contributed by atoms with Crippen molar-refractivity contribution in [3.05, 3.63) is 161 Å². The summed E-state index contributed by atoms with van der Waals surface area (Å²) in [6.07, 6.45) is -7.77. The van der Waals surface area contributed by atoms with Gasteiger partial charge in [-0.15, -0.1) is 5.56 Å². The molecular weight excluding hydrogens is 672 g/mol. The first kappa shape index (κ1) is 35.3. The summed E-state index contributed by atoms with van der Waals surface area (Å²) in [4.78, 5) is 0. The molecule has 0 aliphatic heterocycles. The smallest absolute Gasteiger partial charge is 0.0253 e. The number of rotatable bonds is 2. The Morgan fingerprint density at radius 1 is 0.619 bits per heavy atom. The van der Waals surface area contributed by atoms with Crippen LogP contribution in [0.3, 0.4) is 0 Å². The second-order valence-electron chi connectivity index (χ2n) is 8.88. The molecule has 9 heteroatoms. The fourth-order valence-electron chi connectivity index (χ4n) is 4.14. The first-order valence-corrected chi connectivity index (χ1v) is 13.5. The van der Waals surface area contributed by atoms with Crippen molar-refractivity contribution in [3.63, 3.8) is 0 Å². The number of hydrogen-bond acceptors (Lipinski definition) is 0. The minimum atomic E-state index is -4.41. The molecule has 0 aromatic heterocycles. The van der Waals surface area contributed by atoms with Crippen LogP contribution in [0.4, 0.5) is 26.3 Å². The van der Waals surface area contributed by atoms with E-state index in [0.717, 1.165) is 54.9 Å². The number of fused-ring (bicyclic) bond motifs is 3. The summed E-state index contributed by atoms with van der Waals surface area (Å²) in [7, 11) is 0. The summed E-state index contributed by atoms with van der Waals surface area (Å²) in [5.41, 5.74) is 5.12. The zero-order valence-electron chi connectivity index (χ0n) is 21.8. The predicted octanol–water partition coefficient (Wildman–Crippen LogP) is 3.31. The molecule has 5 aromatic carbocycles. The molecule has 0 radical (unpaired) electrons. The maximum Gasteiger partial charge on any atom is -0.0253 e. The van der Waals surface area contributed by atoms with Crippen molar-refractivity contribution in [1.82, 2.24) is 0 Å². The first-order chi connectivity index (χ1) is 19.0. The Morgan fingerprint density at radius 2 is 1.10 bits per heavy atom. The second kappa shape index (κ2) is 15.6. The minimum absolute atomic E-state index is 0. The minimum Gasteiger partial charge on any atom is -1.00 e. The standard InChI is InChI=1S/C15H8F6.C13H9.C5H5.2ClH.Zr/c16-14(17,18)12-5-1-10(2-6-12)9-11-3-7-13(8-4-11)15(19,20)21;1-3-7-12-10(5-1)9-11-6-2-4-8-13(11)12;1-2-4-5-3-1;;;/h1-8H;1-5,7-8H,9H2;1-5H;2*1H;/q;2*-1;;;+2/p-2. The third-order valence-electron chi connectivity index (χ3n) is 6.17. The van der Waals surface area contributed by atoms with Gasteiger partial charge in [-0.3, -0.25) is 0 Å². The van der Waals surface area contributed by atoms with Gasteiger partial charge < -0.3 is 24.8 Å². The molecule has 216 valence electrons. The van der Waals surface area contributed by atoms with E-state index < -0.39 is 23.5 Å². The molecule has 5 aromatic rings. The Labute approximate surface area is 267 Å². The predicted molar refractivity (Wildman–Crippen MR) is 142 cm³/mol. The monoisotopic (exact) mass is 692 g/mol. The van der Waals surface area contributed by atoms with Gasteiger partial charge in [0.25, 0.3) is 0 Å². The van der Waals surface area contributed by atoms with E-state index in [2.05, 4.69) is 42.5 Å². The summed E-state index contributed by atoms with van der Waals surface area (Å²) in [5, 5.41) is 0. The zero-order chi connectivity index (χ0) is 28.8. The summed E-state index contributed by atoms with van der Waals surface area (Å²) in [6, 6.07) is 37.3. The van der Waals surface area contributed by atoms with Gasteiger partial charge >= 0.3 is 137 Å². The van der Waals surface area contributed by atoms with E-state index in [9.17, 15) is 26.3 Å². The van der Waals surface area contributed by atoms with E-state index >= 15 is 0 Å². The Kier molecular flexibility index (Phi) is 13.1. The molecule has 0 saturated carbocycles. The molecule has 1 aliphatic rings. The molecule has 0 nitrogen and oxygen atoms in total. The molecule has 0 unspecified atom stereocenters.